The Hall–Kier alpha value is -2.35. The molecule has 0 aliphatic heterocycles. The zero-order valence-electron chi connectivity index (χ0n) is 35.1. The zero-order valence-corrected chi connectivity index (χ0v) is 35.1. The van der Waals surface area contributed by atoms with Crippen molar-refractivity contribution in [3.05, 3.63) is 24.3 Å². The Morgan fingerprint density at radius 1 is 0.547 bits per heavy atom. The predicted molar refractivity (Wildman–Crippen MR) is 222 cm³/mol. The molecule has 0 aliphatic rings. The van der Waals surface area contributed by atoms with Crippen LogP contribution in [0.4, 0.5) is 4.79 Å². The molecule has 8 nitrogen and oxygen atoms in total. The molecule has 0 heterocycles. The number of nitrogens with zero attached hydrogens (tertiary/aromatic N) is 1. The highest BCUT2D eigenvalue weighted by molar-refractivity contribution is 5.70. The smallest absolute Gasteiger partial charge is 0.407 e. The number of hydrogen-bond acceptors (Lipinski definition) is 7. The lowest BCUT2D eigenvalue weighted by molar-refractivity contribution is -0.158. The van der Waals surface area contributed by atoms with Gasteiger partial charge in [-0.05, 0) is 77.8 Å². The summed E-state index contributed by atoms with van der Waals surface area (Å²) in [5.74, 6) is -0.633. The molecule has 0 aliphatic carbocycles. The van der Waals surface area contributed by atoms with Gasteiger partial charge >= 0.3 is 18.0 Å². The van der Waals surface area contributed by atoms with Crippen molar-refractivity contribution in [2.75, 3.05) is 39.9 Å². The largest absolute Gasteiger partial charge is 0.462 e. The van der Waals surface area contributed by atoms with Crippen molar-refractivity contribution >= 4 is 18.0 Å². The van der Waals surface area contributed by atoms with E-state index in [9.17, 15) is 14.4 Å². The molecule has 0 aromatic carbocycles. The Morgan fingerprint density at radius 3 is 1.42 bits per heavy atom. The molecular formula is C45H84N2O6. The Morgan fingerprint density at radius 2 is 0.962 bits per heavy atom. The van der Waals surface area contributed by atoms with Gasteiger partial charge in [-0.2, -0.15) is 0 Å². The molecule has 0 rings (SSSR count). The first-order valence-electron chi connectivity index (χ1n) is 22.2. The number of likely N-dealkylation sites (N-methyl/N-ethyl adjacent to an activating group) is 1. The van der Waals surface area contributed by atoms with Gasteiger partial charge in [0, 0.05) is 19.4 Å². The lowest BCUT2D eigenvalue weighted by Gasteiger charge is -2.19. The molecule has 8 heteroatoms. The van der Waals surface area contributed by atoms with Crippen LogP contribution < -0.4 is 5.32 Å². The molecule has 1 N–H and O–H groups in total. The van der Waals surface area contributed by atoms with Gasteiger partial charge in [-0.1, -0.05) is 148 Å². The van der Waals surface area contributed by atoms with Crippen molar-refractivity contribution in [1.82, 2.24) is 10.2 Å². The van der Waals surface area contributed by atoms with Crippen molar-refractivity contribution in [2.45, 2.75) is 207 Å². The number of amides is 1. The molecule has 0 bridgehead atoms. The fourth-order valence-electron chi connectivity index (χ4n) is 6.02. The molecule has 0 saturated heterocycles. The average molecular weight is 749 g/mol. The van der Waals surface area contributed by atoms with Crippen LogP contribution in [0, 0.1) is 0 Å². The van der Waals surface area contributed by atoms with Crippen molar-refractivity contribution < 1.29 is 28.6 Å². The number of nitrogens with one attached hydrogen (secondary N) is 1. The molecule has 1 atom stereocenters. The van der Waals surface area contributed by atoms with E-state index in [0.717, 1.165) is 64.3 Å². The fraction of sp³-hybridized carbons (Fsp3) is 0.844. The Balaban J connectivity index is 4.26. The van der Waals surface area contributed by atoms with Crippen molar-refractivity contribution in [1.29, 1.82) is 0 Å². The number of carbonyl (C=O) groups is 3. The number of ether oxygens (including phenoxy) is 3. The Bertz CT molecular complexity index is 892. The van der Waals surface area contributed by atoms with Crippen LogP contribution in [0.5, 0.6) is 0 Å². The number of esters is 2. The Kier molecular flexibility index (Phi) is 39.0. The Labute approximate surface area is 327 Å². The summed E-state index contributed by atoms with van der Waals surface area (Å²) >= 11 is 0. The van der Waals surface area contributed by atoms with Crippen LogP contribution in [0.1, 0.15) is 201 Å². The van der Waals surface area contributed by atoms with Crippen molar-refractivity contribution in [2.24, 2.45) is 0 Å². The zero-order chi connectivity index (χ0) is 38.9. The standard InChI is InChI=1S/C45H84N2O6/c1-5-8-10-12-14-16-18-20-22-24-26-28-30-32-34-36-43(48)52-41-42(40-46-45(50)51-39-38-47(4)7-3)53-44(49)37-35-33-31-29-27-25-23-21-19-17-15-13-11-9-6-2/h20-23,42H,5-19,24-41H2,1-4H3,(H,46,50)/b22-20-,23-21-. The topological polar surface area (TPSA) is 94.2 Å². The maximum Gasteiger partial charge on any atom is 0.407 e. The molecule has 1 amide bonds. The van der Waals surface area contributed by atoms with Crippen LogP contribution in [0.3, 0.4) is 0 Å². The third kappa shape index (κ3) is 39.2. The summed E-state index contributed by atoms with van der Waals surface area (Å²) < 4.78 is 16.4. The first kappa shape index (κ1) is 50.6. The minimum atomic E-state index is -0.755. The van der Waals surface area contributed by atoms with Gasteiger partial charge in [0.1, 0.15) is 13.2 Å². The highest BCUT2D eigenvalue weighted by atomic mass is 16.6. The minimum Gasteiger partial charge on any atom is -0.462 e. The number of alkyl carbamates (subject to hydrolysis) is 1. The van der Waals surface area contributed by atoms with Gasteiger partial charge in [-0.25, -0.2) is 4.79 Å². The van der Waals surface area contributed by atoms with Gasteiger partial charge in [-0.15, -0.1) is 0 Å². The lowest BCUT2D eigenvalue weighted by Crippen LogP contribution is -2.39. The third-order valence-electron chi connectivity index (χ3n) is 9.73. The van der Waals surface area contributed by atoms with E-state index < -0.39 is 12.2 Å². The van der Waals surface area contributed by atoms with Gasteiger partial charge in [0.15, 0.2) is 6.10 Å². The maximum atomic E-state index is 12.7. The summed E-state index contributed by atoms with van der Waals surface area (Å²) in [6, 6.07) is 0. The molecule has 0 fully saturated rings. The van der Waals surface area contributed by atoms with Gasteiger partial charge in [-0.3, -0.25) is 9.59 Å². The molecule has 310 valence electrons. The van der Waals surface area contributed by atoms with Crippen molar-refractivity contribution in [3.8, 4) is 0 Å². The third-order valence-corrected chi connectivity index (χ3v) is 9.73. The number of hydrogen-bond donors (Lipinski definition) is 1. The second-order valence-electron chi connectivity index (χ2n) is 14.9. The quantitative estimate of drug-likeness (QED) is 0.0289. The number of carbonyl (C=O) groups excluding carboxylic acids is 3. The van der Waals surface area contributed by atoms with Crippen molar-refractivity contribution in [3.63, 3.8) is 0 Å². The second-order valence-corrected chi connectivity index (χ2v) is 14.9. The molecule has 0 aromatic heterocycles. The van der Waals surface area contributed by atoms with E-state index in [2.05, 4.69) is 43.5 Å². The van der Waals surface area contributed by atoms with E-state index in [0.29, 0.717) is 19.4 Å². The molecule has 0 spiro atoms. The first-order valence-corrected chi connectivity index (χ1v) is 22.2. The normalized spacial score (nSPS) is 12.2. The van der Waals surface area contributed by atoms with Gasteiger partial charge < -0.3 is 24.4 Å². The number of rotatable bonds is 39. The average Bonchev–Trinajstić information content (AvgIpc) is 3.15. The summed E-state index contributed by atoms with van der Waals surface area (Å²) in [6.45, 7) is 8.26. The first-order chi connectivity index (χ1) is 25.9. The van der Waals surface area contributed by atoms with Crippen LogP contribution in [-0.4, -0.2) is 68.9 Å². The van der Waals surface area contributed by atoms with Crippen LogP contribution in [-0.2, 0) is 23.8 Å². The van der Waals surface area contributed by atoms with Crippen LogP contribution in [0.2, 0.25) is 0 Å². The summed E-state index contributed by atoms with van der Waals surface area (Å²) in [5, 5.41) is 2.67. The predicted octanol–water partition coefficient (Wildman–Crippen LogP) is 12.2. The van der Waals surface area contributed by atoms with E-state index >= 15 is 0 Å². The molecule has 0 radical (unpaired) electrons. The lowest BCUT2D eigenvalue weighted by atomic mass is 10.1. The highest BCUT2D eigenvalue weighted by Crippen LogP contribution is 2.13. The number of allylic oxidation sites excluding steroid dienone is 4. The van der Waals surface area contributed by atoms with Gasteiger partial charge in [0.05, 0.1) is 6.54 Å². The van der Waals surface area contributed by atoms with E-state index in [1.165, 1.54) is 109 Å². The maximum absolute atomic E-state index is 12.7. The summed E-state index contributed by atoms with van der Waals surface area (Å²) in [6.07, 6.45) is 39.8. The fourth-order valence-corrected chi connectivity index (χ4v) is 6.02. The SMILES string of the molecule is CCCCCCCC/C=C\CCCCCCCC(=O)OCC(CNC(=O)OCCN(C)CC)OC(=O)CCCCCCC/C=C\CCCCCCCC. The van der Waals surface area contributed by atoms with Crippen LogP contribution in [0.15, 0.2) is 24.3 Å². The number of unbranched alkanes of at least 4 members (excludes halogenated alkanes) is 22. The van der Waals surface area contributed by atoms with Gasteiger partial charge in [0.2, 0.25) is 0 Å². The summed E-state index contributed by atoms with van der Waals surface area (Å²) in [7, 11) is 1.96. The molecule has 0 aromatic rings. The van der Waals surface area contributed by atoms with Gasteiger partial charge in [0.25, 0.3) is 0 Å². The second kappa shape index (κ2) is 40.8. The van der Waals surface area contributed by atoms with E-state index in [1.807, 2.05) is 18.9 Å². The van der Waals surface area contributed by atoms with E-state index in [4.69, 9.17) is 14.2 Å². The van der Waals surface area contributed by atoms with Crippen LogP contribution in [0.25, 0.3) is 0 Å². The van der Waals surface area contributed by atoms with E-state index in [1.54, 1.807) is 0 Å². The summed E-state index contributed by atoms with van der Waals surface area (Å²) in [5.41, 5.74) is 0. The molecular weight excluding hydrogens is 665 g/mol. The monoisotopic (exact) mass is 749 g/mol. The molecule has 0 saturated carbocycles. The molecule has 53 heavy (non-hydrogen) atoms. The van der Waals surface area contributed by atoms with Crippen LogP contribution >= 0.6 is 0 Å². The molecule has 1 unspecified atom stereocenters. The summed E-state index contributed by atoms with van der Waals surface area (Å²) in [4.78, 5) is 39.4. The highest BCUT2D eigenvalue weighted by Gasteiger charge is 2.19. The van der Waals surface area contributed by atoms with E-state index in [-0.39, 0.29) is 31.7 Å². The minimum absolute atomic E-state index is 0.0290.